The number of hydrogen-bond donors (Lipinski definition) is 3. The van der Waals surface area contributed by atoms with Gasteiger partial charge in [0.15, 0.2) is 0 Å². The molecule has 0 radical (unpaired) electrons. The molecule has 5 nitrogen and oxygen atoms in total. The molecule has 0 saturated carbocycles. The molecule has 1 aliphatic heterocycles. The predicted molar refractivity (Wildman–Crippen MR) is 75.7 cm³/mol. The lowest BCUT2D eigenvalue weighted by molar-refractivity contribution is -0.129. The molecule has 0 aromatic carbocycles. The van der Waals surface area contributed by atoms with E-state index < -0.39 is 6.04 Å². The summed E-state index contributed by atoms with van der Waals surface area (Å²) < 4.78 is 0. The van der Waals surface area contributed by atoms with Gasteiger partial charge in [-0.05, 0) is 46.1 Å². The Kier molecular flexibility index (Phi) is 6.28. The quantitative estimate of drug-likeness (QED) is 0.691. The largest absolute Gasteiger partial charge is 0.352 e. The topological polar surface area (TPSA) is 70.2 Å². The predicted octanol–water partition coefficient (Wildman–Crippen LogP) is 0.794. The molecule has 0 aliphatic carbocycles. The Bertz CT molecular complexity index is 318. The molecule has 3 atom stereocenters. The van der Waals surface area contributed by atoms with Crippen molar-refractivity contribution in [3.05, 3.63) is 0 Å². The Morgan fingerprint density at radius 3 is 2.53 bits per heavy atom. The van der Waals surface area contributed by atoms with Crippen molar-refractivity contribution < 1.29 is 9.59 Å². The van der Waals surface area contributed by atoms with Crippen LogP contribution in [0.2, 0.25) is 0 Å². The van der Waals surface area contributed by atoms with Gasteiger partial charge in [0.2, 0.25) is 11.8 Å². The molecule has 19 heavy (non-hydrogen) atoms. The standard InChI is InChI=1S/C14H27N3O2/c1-9(2)16-14(19)11(4)17-13(18)8-12-10(3)6-5-7-15-12/h9-12,15H,5-8H2,1-4H3,(H,16,19)(H,17,18). The third-order valence-electron chi connectivity index (χ3n) is 3.54. The van der Waals surface area contributed by atoms with E-state index in [9.17, 15) is 9.59 Å². The average Bonchev–Trinajstić information content (AvgIpc) is 2.31. The lowest BCUT2D eigenvalue weighted by atomic mass is 9.90. The van der Waals surface area contributed by atoms with Gasteiger partial charge in [-0.3, -0.25) is 9.59 Å². The Hall–Kier alpha value is -1.10. The molecule has 0 aromatic heterocycles. The number of carbonyl (C=O) groups excluding carboxylic acids is 2. The van der Waals surface area contributed by atoms with Crippen LogP contribution in [0.25, 0.3) is 0 Å². The highest BCUT2D eigenvalue weighted by molar-refractivity contribution is 5.87. The normalized spacial score (nSPS) is 24.9. The van der Waals surface area contributed by atoms with Crippen LogP contribution in [0, 0.1) is 5.92 Å². The van der Waals surface area contributed by atoms with E-state index in [1.54, 1.807) is 6.92 Å². The van der Waals surface area contributed by atoms with Crippen LogP contribution >= 0.6 is 0 Å². The number of piperidine rings is 1. The molecule has 1 saturated heterocycles. The van der Waals surface area contributed by atoms with Gasteiger partial charge in [0.1, 0.15) is 6.04 Å². The van der Waals surface area contributed by atoms with Gasteiger partial charge in [0.25, 0.3) is 0 Å². The Morgan fingerprint density at radius 2 is 1.95 bits per heavy atom. The van der Waals surface area contributed by atoms with Crippen molar-refractivity contribution in [1.82, 2.24) is 16.0 Å². The van der Waals surface area contributed by atoms with E-state index in [1.807, 2.05) is 13.8 Å². The second kappa shape index (κ2) is 7.48. The minimum Gasteiger partial charge on any atom is -0.352 e. The molecule has 1 fully saturated rings. The van der Waals surface area contributed by atoms with E-state index in [4.69, 9.17) is 0 Å². The molecule has 2 amide bonds. The third kappa shape index (κ3) is 5.59. The molecule has 0 spiro atoms. The van der Waals surface area contributed by atoms with Crippen LogP contribution in [0.5, 0.6) is 0 Å². The molecule has 0 bridgehead atoms. The maximum absolute atomic E-state index is 11.9. The highest BCUT2D eigenvalue weighted by Crippen LogP contribution is 2.17. The van der Waals surface area contributed by atoms with Crippen LogP contribution in [0.3, 0.4) is 0 Å². The van der Waals surface area contributed by atoms with E-state index in [2.05, 4.69) is 22.9 Å². The highest BCUT2D eigenvalue weighted by atomic mass is 16.2. The van der Waals surface area contributed by atoms with Gasteiger partial charge in [-0.2, -0.15) is 0 Å². The molecule has 110 valence electrons. The van der Waals surface area contributed by atoms with Gasteiger partial charge in [-0.25, -0.2) is 0 Å². The van der Waals surface area contributed by atoms with E-state index in [0.717, 1.165) is 13.0 Å². The summed E-state index contributed by atoms with van der Waals surface area (Å²) in [6.07, 6.45) is 2.78. The van der Waals surface area contributed by atoms with Gasteiger partial charge in [0, 0.05) is 18.5 Å². The zero-order valence-corrected chi connectivity index (χ0v) is 12.5. The smallest absolute Gasteiger partial charge is 0.242 e. The fourth-order valence-corrected chi connectivity index (χ4v) is 2.36. The second-order valence-electron chi connectivity index (χ2n) is 5.84. The Labute approximate surface area is 115 Å². The highest BCUT2D eigenvalue weighted by Gasteiger charge is 2.24. The van der Waals surface area contributed by atoms with Crippen LogP contribution in [0.4, 0.5) is 0 Å². The lowest BCUT2D eigenvalue weighted by Crippen LogP contribution is -2.49. The average molecular weight is 269 g/mol. The zero-order chi connectivity index (χ0) is 14.4. The van der Waals surface area contributed by atoms with Gasteiger partial charge < -0.3 is 16.0 Å². The number of carbonyl (C=O) groups is 2. The molecule has 3 unspecified atom stereocenters. The van der Waals surface area contributed by atoms with Gasteiger partial charge >= 0.3 is 0 Å². The molecular formula is C14H27N3O2. The van der Waals surface area contributed by atoms with Gasteiger partial charge in [-0.1, -0.05) is 6.92 Å². The summed E-state index contributed by atoms with van der Waals surface area (Å²) in [5, 5.41) is 8.93. The minimum atomic E-state index is -0.478. The van der Waals surface area contributed by atoms with Crippen molar-refractivity contribution in [2.24, 2.45) is 5.92 Å². The van der Waals surface area contributed by atoms with Crippen LogP contribution in [0.15, 0.2) is 0 Å². The van der Waals surface area contributed by atoms with Crippen LogP contribution in [-0.4, -0.2) is 36.5 Å². The van der Waals surface area contributed by atoms with Crippen molar-refractivity contribution in [2.45, 2.75) is 65.1 Å². The monoisotopic (exact) mass is 269 g/mol. The van der Waals surface area contributed by atoms with Crippen LogP contribution in [0.1, 0.15) is 47.0 Å². The number of rotatable bonds is 5. The molecule has 3 N–H and O–H groups in total. The SMILES string of the molecule is CC(C)NC(=O)C(C)NC(=O)CC1NCCCC1C. The first kappa shape index (κ1) is 16.0. The van der Waals surface area contributed by atoms with Crippen molar-refractivity contribution in [3.8, 4) is 0 Å². The fourth-order valence-electron chi connectivity index (χ4n) is 2.36. The summed E-state index contributed by atoms with van der Waals surface area (Å²) in [4.78, 5) is 23.6. The molecule has 0 aromatic rings. The molecule has 1 aliphatic rings. The van der Waals surface area contributed by atoms with Gasteiger partial charge in [-0.15, -0.1) is 0 Å². The number of nitrogens with one attached hydrogen (secondary N) is 3. The van der Waals surface area contributed by atoms with Crippen LogP contribution in [-0.2, 0) is 9.59 Å². The molecular weight excluding hydrogens is 242 g/mol. The molecule has 1 heterocycles. The summed E-state index contributed by atoms with van der Waals surface area (Å²) in [6, 6.07) is -0.158. The number of hydrogen-bond acceptors (Lipinski definition) is 3. The molecule has 1 rings (SSSR count). The van der Waals surface area contributed by atoms with Crippen molar-refractivity contribution in [1.29, 1.82) is 0 Å². The van der Waals surface area contributed by atoms with E-state index in [1.165, 1.54) is 6.42 Å². The first-order valence-electron chi connectivity index (χ1n) is 7.23. The third-order valence-corrected chi connectivity index (χ3v) is 3.54. The van der Waals surface area contributed by atoms with Crippen molar-refractivity contribution in [3.63, 3.8) is 0 Å². The van der Waals surface area contributed by atoms with Gasteiger partial charge in [0.05, 0.1) is 0 Å². The minimum absolute atomic E-state index is 0.0577. The van der Waals surface area contributed by atoms with Crippen molar-refractivity contribution >= 4 is 11.8 Å². The first-order valence-corrected chi connectivity index (χ1v) is 7.23. The van der Waals surface area contributed by atoms with E-state index in [-0.39, 0.29) is 23.9 Å². The summed E-state index contributed by atoms with van der Waals surface area (Å²) in [5.41, 5.74) is 0. The summed E-state index contributed by atoms with van der Waals surface area (Å²) in [7, 11) is 0. The fraction of sp³-hybridized carbons (Fsp3) is 0.857. The van der Waals surface area contributed by atoms with Crippen molar-refractivity contribution in [2.75, 3.05) is 6.54 Å². The lowest BCUT2D eigenvalue weighted by Gasteiger charge is -2.30. The Balaban J connectivity index is 2.35. The van der Waals surface area contributed by atoms with E-state index in [0.29, 0.717) is 12.3 Å². The van der Waals surface area contributed by atoms with E-state index >= 15 is 0 Å². The Morgan fingerprint density at radius 1 is 1.26 bits per heavy atom. The maximum Gasteiger partial charge on any atom is 0.242 e. The maximum atomic E-state index is 11.9. The number of amides is 2. The summed E-state index contributed by atoms with van der Waals surface area (Å²) in [5.74, 6) is 0.324. The summed E-state index contributed by atoms with van der Waals surface area (Å²) >= 11 is 0. The summed E-state index contributed by atoms with van der Waals surface area (Å²) in [6.45, 7) is 8.66. The molecule has 5 heteroatoms. The van der Waals surface area contributed by atoms with Crippen LogP contribution < -0.4 is 16.0 Å². The zero-order valence-electron chi connectivity index (χ0n) is 12.5. The first-order chi connectivity index (χ1) is 8.90. The second-order valence-corrected chi connectivity index (χ2v) is 5.84.